The van der Waals surface area contributed by atoms with Crippen molar-refractivity contribution < 1.29 is 10.2 Å². The fraction of sp³-hybridized carbons (Fsp3) is 0.238. The molecule has 0 atom stereocenters. The van der Waals surface area contributed by atoms with Gasteiger partial charge in [-0.15, -0.1) is 11.3 Å². The molecular formula is C21H21NO2S. The molecule has 1 aromatic heterocycles. The minimum atomic E-state index is -0.684. The maximum absolute atomic E-state index is 9.53. The number of hydrogen-bond acceptors (Lipinski definition) is 4. The number of fused-ring (bicyclic) bond motifs is 5. The van der Waals surface area contributed by atoms with E-state index in [4.69, 9.17) is 0 Å². The van der Waals surface area contributed by atoms with Crippen LogP contribution in [0.4, 0.5) is 0 Å². The van der Waals surface area contributed by atoms with Gasteiger partial charge in [-0.3, -0.25) is 0 Å². The summed E-state index contributed by atoms with van der Waals surface area (Å²) < 4.78 is 1.29. The molecule has 3 aromatic carbocycles. The highest BCUT2D eigenvalue weighted by molar-refractivity contribution is 7.18. The summed E-state index contributed by atoms with van der Waals surface area (Å²) in [6, 6.07) is 17.2. The summed E-state index contributed by atoms with van der Waals surface area (Å²) in [5, 5.41) is 30.7. The van der Waals surface area contributed by atoms with E-state index in [0.29, 0.717) is 6.54 Å². The Hall–Kier alpha value is -1.98. The summed E-state index contributed by atoms with van der Waals surface area (Å²) in [6.07, 6.45) is 0. The van der Waals surface area contributed by atoms with Crippen molar-refractivity contribution in [2.75, 3.05) is 13.2 Å². The molecule has 0 bridgehead atoms. The molecule has 4 aromatic rings. The van der Waals surface area contributed by atoms with Crippen LogP contribution in [0.1, 0.15) is 12.5 Å². The van der Waals surface area contributed by atoms with Crippen LogP contribution >= 0.6 is 11.3 Å². The zero-order valence-electron chi connectivity index (χ0n) is 14.1. The molecule has 4 heteroatoms. The third-order valence-electron chi connectivity index (χ3n) is 4.95. The smallest absolute Gasteiger partial charge is 0.0633 e. The minimum Gasteiger partial charge on any atom is -0.394 e. The van der Waals surface area contributed by atoms with Crippen LogP contribution in [0.25, 0.3) is 31.6 Å². The molecule has 25 heavy (non-hydrogen) atoms. The molecule has 0 aliphatic rings. The minimum absolute atomic E-state index is 0.104. The van der Waals surface area contributed by atoms with Gasteiger partial charge in [-0.2, -0.15) is 0 Å². The van der Waals surface area contributed by atoms with E-state index in [0.717, 1.165) is 0 Å². The first-order valence-corrected chi connectivity index (χ1v) is 9.30. The van der Waals surface area contributed by atoms with Gasteiger partial charge in [-0.05, 0) is 51.5 Å². The molecule has 0 aliphatic carbocycles. The molecule has 0 aliphatic heterocycles. The highest BCUT2D eigenvalue weighted by atomic mass is 32.1. The number of aliphatic hydroxyl groups excluding tert-OH is 2. The van der Waals surface area contributed by atoms with E-state index in [1.54, 1.807) is 11.3 Å². The van der Waals surface area contributed by atoms with Crippen molar-refractivity contribution in [1.29, 1.82) is 0 Å². The Kier molecular flexibility index (Phi) is 4.21. The molecule has 3 N–H and O–H groups in total. The maximum atomic E-state index is 9.53. The van der Waals surface area contributed by atoms with Crippen molar-refractivity contribution in [1.82, 2.24) is 5.32 Å². The highest BCUT2D eigenvalue weighted by Crippen LogP contribution is 2.36. The number of hydrogen-bond donors (Lipinski definition) is 3. The molecule has 1 heterocycles. The van der Waals surface area contributed by atoms with Gasteiger partial charge in [0.15, 0.2) is 0 Å². The molecule has 0 radical (unpaired) electrons. The van der Waals surface area contributed by atoms with Gasteiger partial charge in [0.25, 0.3) is 0 Å². The van der Waals surface area contributed by atoms with Crippen molar-refractivity contribution in [2.45, 2.75) is 19.0 Å². The molecule has 0 saturated heterocycles. The maximum Gasteiger partial charge on any atom is 0.0633 e. The van der Waals surface area contributed by atoms with E-state index < -0.39 is 5.54 Å². The van der Waals surface area contributed by atoms with Gasteiger partial charge in [0.2, 0.25) is 0 Å². The van der Waals surface area contributed by atoms with E-state index in [2.05, 4.69) is 59.2 Å². The number of benzene rings is 3. The van der Waals surface area contributed by atoms with Crippen molar-refractivity contribution in [3.8, 4) is 0 Å². The van der Waals surface area contributed by atoms with Crippen molar-refractivity contribution in [3.05, 3.63) is 59.5 Å². The monoisotopic (exact) mass is 351 g/mol. The van der Waals surface area contributed by atoms with Crippen LogP contribution in [0.2, 0.25) is 0 Å². The number of rotatable bonds is 5. The van der Waals surface area contributed by atoms with Gasteiger partial charge in [0.1, 0.15) is 0 Å². The Morgan fingerprint density at radius 1 is 0.920 bits per heavy atom. The second kappa shape index (κ2) is 6.39. The molecule has 128 valence electrons. The lowest BCUT2D eigenvalue weighted by atomic mass is 9.97. The fourth-order valence-corrected chi connectivity index (χ4v) is 4.26. The SMILES string of the molecule is CC(CO)(CO)NCc1cc2c3ccccc3ccc2c2sccc12. The number of nitrogens with one attached hydrogen (secondary N) is 1. The molecule has 0 fully saturated rings. The summed E-state index contributed by atoms with van der Waals surface area (Å²) in [4.78, 5) is 0. The zero-order valence-corrected chi connectivity index (χ0v) is 14.9. The largest absolute Gasteiger partial charge is 0.394 e. The van der Waals surface area contributed by atoms with Gasteiger partial charge >= 0.3 is 0 Å². The van der Waals surface area contributed by atoms with Gasteiger partial charge in [-0.25, -0.2) is 0 Å². The Bertz CT molecular complexity index is 1050. The first-order valence-electron chi connectivity index (χ1n) is 8.42. The van der Waals surface area contributed by atoms with E-state index in [-0.39, 0.29) is 13.2 Å². The molecule has 3 nitrogen and oxygen atoms in total. The predicted octanol–water partition coefficient (Wildman–Crippen LogP) is 4.04. The number of thiophene rings is 1. The van der Waals surface area contributed by atoms with Gasteiger partial charge < -0.3 is 15.5 Å². The first kappa shape index (κ1) is 16.5. The lowest BCUT2D eigenvalue weighted by molar-refractivity contribution is 0.103. The Morgan fingerprint density at radius 3 is 2.52 bits per heavy atom. The summed E-state index contributed by atoms with van der Waals surface area (Å²) in [6.45, 7) is 2.22. The van der Waals surface area contributed by atoms with Crippen LogP contribution < -0.4 is 5.32 Å². The lowest BCUT2D eigenvalue weighted by Crippen LogP contribution is -2.48. The van der Waals surface area contributed by atoms with E-state index in [1.165, 1.54) is 37.2 Å². The number of aliphatic hydroxyl groups is 2. The van der Waals surface area contributed by atoms with Crippen LogP contribution in [-0.4, -0.2) is 29.0 Å². The Labute approximate surface area is 150 Å². The van der Waals surface area contributed by atoms with Gasteiger partial charge in [0, 0.05) is 16.6 Å². The molecule has 0 amide bonds. The van der Waals surface area contributed by atoms with Crippen LogP contribution in [-0.2, 0) is 6.54 Å². The predicted molar refractivity (Wildman–Crippen MR) is 106 cm³/mol. The summed E-state index contributed by atoms with van der Waals surface area (Å²) >= 11 is 1.76. The average molecular weight is 351 g/mol. The van der Waals surface area contributed by atoms with Crippen molar-refractivity contribution in [2.24, 2.45) is 0 Å². The van der Waals surface area contributed by atoms with Crippen LogP contribution in [0.5, 0.6) is 0 Å². The zero-order chi connectivity index (χ0) is 17.4. The molecular weight excluding hydrogens is 330 g/mol. The lowest BCUT2D eigenvalue weighted by Gasteiger charge is -2.26. The topological polar surface area (TPSA) is 52.5 Å². The van der Waals surface area contributed by atoms with E-state index in [1.807, 2.05) is 6.92 Å². The van der Waals surface area contributed by atoms with Gasteiger partial charge in [-0.1, -0.05) is 36.4 Å². The quantitative estimate of drug-likeness (QED) is 0.476. The van der Waals surface area contributed by atoms with Crippen LogP contribution in [0.15, 0.2) is 53.9 Å². The molecule has 4 rings (SSSR count). The standard InChI is InChI=1S/C21H21NO2S/c1-21(12-23,13-24)22-11-15-10-19-16-5-3-2-4-14(16)6-7-18(19)20-17(15)8-9-25-20/h2-10,22-24H,11-13H2,1H3. The second-order valence-corrected chi connectivity index (χ2v) is 7.73. The summed E-state index contributed by atoms with van der Waals surface area (Å²) in [5.41, 5.74) is 0.504. The third kappa shape index (κ3) is 2.81. The van der Waals surface area contributed by atoms with Crippen molar-refractivity contribution >= 4 is 43.0 Å². The Morgan fingerprint density at radius 2 is 1.72 bits per heavy atom. The molecule has 0 spiro atoms. The second-order valence-electron chi connectivity index (χ2n) is 6.81. The summed E-state index contributed by atoms with van der Waals surface area (Å²) in [7, 11) is 0. The van der Waals surface area contributed by atoms with Crippen molar-refractivity contribution in [3.63, 3.8) is 0 Å². The first-order chi connectivity index (χ1) is 12.1. The third-order valence-corrected chi connectivity index (χ3v) is 5.90. The normalized spacial score (nSPS) is 12.4. The van der Waals surface area contributed by atoms with Crippen LogP contribution in [0.3, 0.4) is 0 Å². The average Bonchev–Trinajstić information content (AvgIpc) is 3.16. The van der Waals surface area contributed by atoms with Crippen LogP contribution in [0, 0.1) is 0 Å². The summed E-state index contributed by atoms with van der Waals surface area (Å²) in [5.74, 6) is 0. The highest BCUT2D eigenvalue weighted by Gasteiger charge is 2.22. The fourth-order valence-electron chi connectivity index (χ4n) is 3.29. The van der Waals surface area contributed by atoms with Gasteiger partial charge in [0.05, 0.1) is 18.8 Å². The molecule has 0 unspecified atom stereocenters. The van der Waals surface area contributed by atoms with E-state index in [9.17, 15) is 10.2 Å². The Balaban J connectivity index is 1.90. The molecule has 0 saturated carbocycles. The van der Waals surface area contributed by atoms with E-state index >= 15 is 0 Å².